The molecule has 0 atom stereocenters. The van der Waals surface area contributed by atoms with Gasteiger partial charge in [-0.3, -0.25) is 9.59 Å². The molecule has 0 bridgehead atoms. The number of Topliss-reactive ketones (excluding diaryl/α,β-unsaturated/α-hetero) is 1. The first kappa shape index (κ1) is 15.7. The molecule has 1 saturated heterocycles. The van der Waals surface area contributed by atoms with Gasteiger partial charge in [-0.05, 0) is 13.3 Å². The van der Waals surface area contributed by atoms with Gasteiger partial charge in [0.05, 0.1) is 0 Å². The van der Waals surface area contributed by atoms with Crippen LogP contribution in [-0.4, -0.2) is 53.6 Å². The second-order valence-electron chi connectivity index (χ2n) is 5.07. The molecule has 0 N–H and O–H groups in total. The Labute approximate surface area is 114 Å². The SMILES string of the molecule is CCCCC(=O)N1CCN(C(=O)CCC(C)=O)CC1. The molecule has 0 aromatic heterocycles. The molecule has 1 rings (SSSR count). The van der Waals surface area contributed by atoms with Crippen molar-refractivity contribution >= 4 is 17.6 Å². The molecule has 0 saturated carbocycles. The zero-order valence-electron chi connectivity index (χ0n) is 12.0. The number of rotatable bonds is 6. The second-order valence-corrected chi connectivity index (χ2v) is 5.07. The van der Waals surface area contributed by atoms with Crippen molar-refractivity contribution in [2.24, 2.45) is 0 Å². The molecule has 5 heteroatoms. The summed E-state index contributed by atoms with van der Waals surface area (Å²) >= 11 is 0. The molecule has 108 valence electrons. The summed E-state index contributed by atoms with van der Waals surface area (Å²) in [6, 6.07) is 0. The van der Waals surface area contributed by atoms with Crippen LogP contribution in [0.3, 0.4) is 0 Å². The topological polar surface area (TPSA) is 57.7 Å². The lowest BCUT2D eigenvalue weighted by Crippen LogP contribution is -2.50. The Balaban J connectivity index is 2.30. The maximum atomic E-state index is 11.8. The molecular formula is C14H24N2O3. The van der Waals surface area contributed by atoms with Crippen LogP contribution in [0.25, 0.3) is 0 Å². The van der Waals surface area contributed by atoms with Crippen LogP contribution in [0.1, 0.15) is 46.0 Å². The van der Waals surface area contributed by atoms with Crippen molar-refractivity contribution in [1.29, 1.82) is 0 Å². The maximum absolute atomic E-state index is 11.8. The second kappa shape index (κ2) is 7.92. The van der Waals surface area contributed by atoms with Gasteiger partial charge in [0.1, 0.15) is 5.78 Å². The van der Waals surface area contributed by atoms with E-state index in [1.54, 1.807) is 4.90 Å². The van der Waals surface area contributed by atoms with Gasteiger partial charge in [0.15, 0.2) is 0 Å². The third kappa shape index (κ3) is 5.41. The molecule has 0 spiro atoms. The molecule has 19 heavy (non-hydrogen) atoms. The van der Waals surface area contributed by atoms with E-state index in [0.717, 1.165) is 12.8 Å². The summed E-state index contributed by atoms with van der Waals surface area (Å²) in [6.45, 7) is 5.99. The van der Waals surface area contributed by atoms with E-state index in [0.29, 0.717) is 45.4 Å². The Morgan fingerprint density at radius 1 is 0.842 bits per heavy atom. The first-order valence-electron chi connectivity index (χ1n) is 7.09. The standard InChI is InChI=1S/C14H24N2O3/c1-3-4-5-13(18)15-8-10-16(11-9-15)14(19)7-6-12(2)17/h3-11H2,1-2H3. The van der Waals surface area contributed by atoms with E-state index in [-0.39, 0.29) is 17.6 Å². The molecule has 0 aromatic rings. The van der Waals surface area contributed by atoms with Crippen molar-refractivity contribution in [3.63, 3.8) is 0 Å². The van der Waals surface area contributed by atoms with Crippen molar-refractivity contribution in [3.05, 3.63) is 0 Å². The van der Waals surface area contributed by atoms with E-state index >= 15 is 0 Å². The minimum atomic E-state index is 0.0239. The number of amides is 2. The Kier molecular flexibility index (Phi) is 6.53. The monoisotopic (exact) mass is 268 g/mol. The van der Waals surface area contributed by atoms with Gasteiger partial charge in [-0.25, -0.2) is 0 Å². The summed E-state index contributed by atoms with van der Waals surface area (Å²) in [7, 11) is 0. The lowest BCUT2D eigenvalue weighted by atomic mass is 10.2. The van der Waals surface area contributed by atoms with Gasteiger partial charge in [-0.1, -0.05) is 13.3 Å². The number of carbonyl (C=O) groups excluding carboxylic acids is 3. The van der Waals surface area contributed by atoms with E-state index in [4.69, 9.17) is 0 Å². The van der Waals surface area contributed by atoms with Crippen LogP contribution in [0.15, 0.2) is 0 Å². The molecule has 2 amide bonds. The lowest BCUT2D eigenvalue weighted by molar-refractivity contribution is -0.140. The zero-order valence-corrected chi connectivity index (χ0v) is 12.0. The molecule has 0 unspecified atom stereocenters. The molecule has 1 aliphatic heterocycles. The number of ketones is 1. The van der Waals surface area contributed by atoms with Gasteiger partial charge in [0.25, 0.3) is 0 Å². The zero-order chi connectivity index (χ0) is 14.3. The summed E-state index contributed by atoms with van der Waals surface area (Å²) in [6.07, 6.45) is 3.16. The number of piperazine rings is 1. The summed E-state index contributed by atoms with van der Waals surface area (Å²) in [5, 5.41) is 0. The number of carbonyl (C=O) groups is 3. The van der Waals surface area contributed by atoms with Crippen LogP contribution in [-0.2, 0) is 14.4 Å². The maximum Gasteiger partial charge on any atom is 0.223 e. The highest BCUT2D eigenvalue weighted by atomic mass is 16.2. The van der Waals surface area contributed by atoms with Crippen molar-refractivity contribution in [1.82, 2.24) is 9.80 Å². The van der Waals surface area contributed by atoms with E-state index < -0.39 is 0 Å². The Hall–Kier alpha value is -1.39. The van der Waals surface area contributed by atoms with Crippen LogP contribution in [0, 0.1) is 0 Å². The van der Waals surface area contributed by atoms with E-state index in [1.807, 2.05) is 4.90 Å². The highest BCUT2D eigenvalue weighted by Crippen LogP contribution is 2.08. The Morgan fingerprint density at radius 2 is 1.32 bits per heavy atom. The highest BCUT2D eigenvalue weighted by Gasteiger charge is 2.23. The third-order valence-electron chi connectivity index (χ3n) is 3.42. The number of unbranched alkanes of at least 4 members (excludes halogenated alkanes) is 1. The summed E-state index contributed by atoms with van der Waals surface area (Å²) < 4.78 is 0. The quantitative estimate of drug-likeness (QED) is 0.727. The fourth-order valence-electron chi connectivity index (χ4n) is 2.13. The minimum absolute atomic E-state index is 0.0239. The summed E-state index contributed by atoms with van der Waals surface area (Å²) in [4.78, 5) is 38.1. The molecule has 0 aromatic carbocycles. The van der Waals surface area contributed by atoms with Crippen LogP contribution >= 0.6 is 0 Å². The molecule has 5 nitrogen and oxygen atoms in total. The predicted molar refractivity (Wildman–Crippen MR) is 72.6 cm³/mol. The smallest absolute Gasteiger partial charge is 0.223 e. The lowest BCUT2D eigenvalue weighted by Gasteiger charge is -2.35. The molecule has 0 aliphatic carbocycles. The van der Waals surface area contributed by atoms with Gasteiger partial charge >= 0.3 is 0 Å². The van der Waals surface area contributed by atoms with Crippen LogP contribution in [0.5, 0.6) is 0 Å². The Bertz CT molecular complexity index is 334. The number of nitrogens with zero attached hydrogens (tertiary/aromatic N) is 2. The molecule has 0 radical (unpaired) electrons. The van der Waals surface area contributed by atoms with E-state index in [1.165, 1.54) is 6.92 Å². The van der Waals surface area contributed by atoms with Crippen molar-refractivity contribution < 1.29 is 14.4 Å². The first-order chi connectivity index (χ1) is 9.04. The fraction of sp³-hybridized carbons (Fsp3) is 0.786. The number of hydrogen-bond acceptors (Lipinski definition) is 3. The van der Waals surface area contributed by atoms with E-state index in [9.17, 15) is 14.4 Å². The van der Waals surface area contributed by atoms with Gasteiger partial charge in [-0.15, -0.1) is 0 Å². The average molecular weight is 268 g/mol. The largest absolute Gasteiger partial charge is 0.339 e. The minimum Gasteiger partial charge on any atom is -0.339 e. The normalized spacial score (nSPS) is 15.5. The Morgan fingerprint density at radius 3 is 1.74 bits per heavy atom. The average Bonchev–Trinajstić information content (AvgIpc) is 2.42. The van der Waals surface area contributed by atoms with Gasteiger partial charge < -0.3 is 14.6 Å². The first-order valence-corrected chi connectivity index (χ1v) is 7.09. The number of hydrogen-bond donors (Lipinski definition) is 0. The fourth-order valence-corrected chi connectivity index (χ4v) is 2.13. The van der Waals surface area contributed by atoms with Crippen LogP contribution in [0.4, 0.5) is 0 Å². The highest BCUT2D eigenvalue weighted by molar-refractivity contribution is 5.84. The summed E-state index contributed by atoms with van der Waals surface area (Å²) in [5.41, 5.74) is 0. The molecule has 1 aliphatic rings. The van der Waals surface area contributed by atoms with Crippen molar-refractivity contribution in [3.8, 4) is 0 Å². The molecular weight excluding hydrogens is 244 g/mol. The van der Waals surface area contributed by atoms with Gasteiger partial charge in [-0.2, -0.15) is 0 Å². The van der Waals surface area contributed by atoms with Gasteiger partial charge in [0, 0.05) is 45.4 Å². The summed E-state index contributed by atoms with van der Waals surface area (Å²) in [5.74, 6) is 0.260. The van der Waals surface area contributed by atoms with Crippen LogP contribution < -0.4 is 0 Å². The van der Waals surface area contributed by atoms with E-state index in [2.05, 4.69) is 6.92 Å². The molecule has 1 heterocycles. The third-order valence-corrected chi connectivity index (χ3v) is 3.42. The van der Waals surface area contributed by atoms with Crippen molar-refractivity contribution in [2.75, 3.05) is 26.2 Å². The van der Waals surface area contributed by atoms with Crippen molar-refractivity contribution in [2.45, 2.75) is 46.0 Å². The van der Waals surface area contributed by atoms with Crippen LogP contribution in [0.2, 0.25) is 0 Å². The molecule has 1 fully saturated rings. The predicted octanol–water partition coefficient (Wildman–Crippen LogP) is 1.22. The van der Waals surface area contributed by atoms with Gasteiger partial charge in [0.2, 0.25) is 11.8 Å².